The first-order valence-electron chi connectivity index (χ1n) is 10.9. The molecule has 0 saturated carbocycles. The van der Waals surface area contributed by atoms with E-state index < -0.39 is 0 Å². The normalized spacial score (nSPS) is 11.1. The lowest BCUT2D eigenvalue weighted by Crippen LogP contribution is -1.95. The topological polar surface area (TPSA) is 17.0 Å². The third-order valence-corrected chi connectivity index (χ3v) is 5.99. The Hall–Kier alpha value is -4.30. The molecule has 5 aromatic carbocycles. The summed E-state index contributed by atoms with van der Waals surface area (Å²) in [5, 5.41) is 6.08. The van der Waals surface area contributed by atoms with Gasteiger partial charge in [-0.25, -0.2) is 0 Å². The summed E-state index contributed by atoms with van der Waals surface area (Å²) in [6.45, 7) is 0. The van der Waals surface area contributed by atoms with Gasteiger partial charge in [-0.2, -0.15) is 0 Å². The van der Waals surface area contributed by atoms with Crippen LogP contribution < -0.4 is 5.32 Å². The molecule has 0 saturated heterocycles. The lowest BCUT2D eigenvalue weighted by Gasteiger charge is -2.11. The maximum atomic E-state index is 3.52. The first kappa shape index (κ1) is 18.5. The van der Waals surface area contributed by atoms with Gasteiger partial charge in [-0.05, 0) is 59.7 Å². The second-order valence-electron chi connectivity index (χ2n) is 7.98. The zero-order valence-electron chi connectivity index (χ0n) is 17.6. The number of fused-ring (bicyclic) bond motifs is 3. The van der Waals surface area contributed by atoms with Crippen molar-refractivity contribution in [2.75, 3.05) is 5.32 Å². The Morgan fingerprint density at radius 3 is 1.47 bits per heavy atom. The molecule has 2 heteroatoms. The standard InChI is InChI=1S/C30H22N2/c1-2-8-22(9-3-1)23-14-16-24(17-15-23)31-25-18-20-26(21-19-25)32-29-12-6-4-10-27(29)28-11-5-7-13-30(28)32/h1-21,31H. The Balaban J connectivity index is 1.30. The number of hydrogen-bond acceptors (Lipinski definition) is 1. The summed E-state index contributed by atoms with van der Waals surface area (Å²) in [6.07, 6.45) is 0. The number of para-hydroxylation sites is 2. The zero-order valence-corrected chi connectivity index (χ0v) is 17.6. The molecule has 0 aliphatic carbocycles. The van der Waals surface area contributed by atoms with Crippen molar-refractivity contribution in [1.82, 2.24) is 4.57 Å². The maximum absolute atomic E-state index is 3.52. The molecule has 0 bridgehead atoms. The number of nitrogens with one attached hydrogen (secondary N) is 1. The predicted octanol–water partition coefficient (Wildman–Crippen LogP) is 8.19. The summed E-state index contributed by atoms with van der Waals surface area (Å²) >= 11 is 0. The molecule has 32 heavy (non-hydrogen) atoms. The Morgan fingerprint density at radius 2 is 0.875 bits per heavy atom. The quantitative estimate of drug-likeness (QED) is 0.310. The summed E-state index contributed by atoms with van der Waals surface area (Å²) < 4.78 is 2.34. The number of benzene rings is 5. The van der Waals surface area contributed by atoms with Gasteiger partial charge in [0.15, 0.2) is 0 Å². The lowest BCUT2D eigenvalue weighted by molar-refractivity contribution is 1.18. The average molecular weight is 411 g/mol. The van der Waals surface area contributed by atoms with Gasteiger partial charge >= 0.3 is 0 Å². The molecular formula is C30H22N2. The van der Waals surface area contributed by atoms with Crippen molar-refractivity contribution in [1.29, 1.82) is 0 Å². The number of nitrogens with zero attached hydrogens (tertiary/aromatic N) is 1. The van der Waals surface area contributed by atoms with E-state index in [0.717, 1.165) is 17.1 Å². The van der Waals surface area contributed by atoms with Crippen LogP contribution in [-0.2, 0) is 0 Å². The monoisotopic (exact) mass is 410 g/mol. The van der Waals surface area contributed by atoms with Crippen LogP contribution in [0.1, 0.15) is 0 Å². The van der Waals surface area contributed by atoms with Gasteiger partial charge in [0.25, 0.3) is 0 Å². The van der Waals surface area contributed by atoms with Crippen LogP contribution >= 0.6 is 0 Å². The lowest BCUT2D eigenvalue weighted by atomic mass is 10.1. The summed E-state index contributed by atoms with van der Waals surface area (Å²) in [7, 11) is 0. The highest BCUT2D eigenvalue weighted by atomic mass is 15.0. The Labute approximate surface area is 187 Å². The number of aromatic nitrogens is 1. The van der Waals surface area contributed by atoms with E-state index in [4.69, 9.17) is 0 Å². The summed E-state index contributed by atoms with van der Waals surface area (Å²) in [4.78, 5) is 0. The van der Waals surface area contributed by atoms with Crippen molar-refractivity contribution in [3.63, 3.8) is 0 Å². The predicted molar refractivity (Wildman–Crippen MR) is 136 cm³/mol. The molecular weight excluding hydrogens is 388 g/mol. The fourth-order valence-electron chi connectivity index (χ4n) is 4.44. The van der Waals surface area contributed by atoms with Crippen LogP contribution in [0.3, 0.4) is 0 Å². The van der Waals surface area contributed by atoms with Crippen molar-refractivity contribution in [3.8, 4) is 16.8 Å². The van der Waals surface area contributed by atoms with Crippen molar-refractivity contribution in [2.24, 2.45) is 0 Å². The van der Waals surface area contributed by atoms with Gasteiger partial charge in [0.2, 0.25) is 0 Å². The van der Waals surface area contributed by atoms with Gasteiger partial charge in [0.05, 0.1) is 11.0 Å². The van der Waals surface area contributed by atoms with E-state index in [9.17, 15) is 0 Å². The van der Waals surface area contributed by atoms with Crippen LogP contribution in [0.5, 0.6) is 0 Å². The molecule has 0 radical (unpaired) electrons. The first-order chi connectivity index (χ1) is 15.9. The van der Waals surface area contributed by atoms with Crippen molar-refractivity contribution in [2.45, 2.75) is 0 Å². The second-order valence-corrected chi connectivity index (χ2v) is 7.98. The summed E-state index contributed by atoms with van der Waals surface area (Å²) in [6, 6.07) is 44.9. The summed E-state index contributed by atoms with van der Waals surface area (Å²) in [5.74, 6) is 0. The summed E-state index contributed by atoms with van der Waals surface area (Å²) in [5.41, 5.74) is 8.22. The molecule has 1 N–H and O–H groups in total. The molecule has 1 heterocycles. The molecule has 0 fully saturated rings. The smallest absolute Gasteiger partial charge is 0.0541 e. The molecule has 6 aromatic rings. The van der Waals surface area contributed by atoms with Gasteiger partial charge in [-0.1, -0.05) is 78.9 Å². The van der Waals surface area contributed by atoms with Gasteiger partial charge in [-0.15, -0.1) is 0 Å². The molecule has 0 aliphatic heterocycles. The van der Waals surface area contributed by atoms with E-state index in [-0.39, 0.29) is 0 Å². The van der Waals surface area contributed by atoms with E-state index in [1.54, 1.807) is 0 Å². The molecule has 6 rings (SSSR count). The number of rotatable bonds is 4. The van der Waals surface area contributed by atoms with Crippen LogP contribution in [0.4, 0.5) is 11.4 Å². The van der Waals surface area contributed by atoms with E-state index in [2.05, 4.69) is 131 Å². The minimum atomic E-state index is 1.07. The minimum Gasteiger partial charge on any atom is -0.356 e. The van der Waals surface area contributed by atoms with E-state index in [1.165, 1.54) is 32.9 Å². The molecule has 152 valence electrons. The van der Waals surface area contributed by atoms with Crippen LogP contribution in [-0.4, -0.2) is 4.57 Å². The first-order valence-corrected chi connectivity index (χ1v) is 10.9. The van der Waals surface area contributed by atoms with E-state index in [0.29, 0.717) is 0 Å². The Bertz CT molecular complexity index is 1460. The maximum Gasteiger partial charge on any atom is 0.0541 e. The SMILES string of the molecule is c1ccc(-c2ccc(Nc3ccc(-n4c5ccccc5c5ccccc54)cc3)cc2)cc1. The fourth-order valence-corrected chi connectivity index (χ4v) is 4.44. The second kappa shape index (κ2) is 7.75. The third kappa shape index (κ3) is 3.23. The molecule has 0 unspecified atom stereocenters. The number of anilines is 2. The highest BCUT2D eigenvalue weighted by Gasteiger charge is 2.11. The molecule has 0 spiro atoms. The largest absolute Gasteiger partial charge is 0.356 e. The van der Waals surface area contributed by atoms with Gasteiger partial charge in [-0.3, -0.25) is 0 Å². The van der Waals surface area contributed by atoms with Gasteiger partial charge in [0, 0.05) is 27.8 Å². The molecule has 0 amide bonds. The highest BCUT2D eigenvalue weighted by molar-refractivity contribution is 6.09. The average Bonchev–Trinajstić information content (AvgIpc) is 3.20. The van der Waals surface area contributed by atoms with Crippen molar-refractivity contribution >= 4 is 33.2 Å². The van der Waals surface area contributed by atoms with Gasteiger partial charge < -0.3 is 9.88 Å². The fraction of sp³-hybridized carbons (Fsp3) is 0. The van der Waals surface area contributed by atoms with Gasteiger partial charge in [0.1, 0.15) is 0 Å². The molecule has 2 nitrogen and oxygen atoms in total. The highest BCUT2D eigenvalue weighted by Crippen LogP contribution is 2.32. The van der Waals surface area contributed by atoms with Crippen LogP contribution in [0, 0.1) is 0 Å². The molecule has 0 atom stereocenters. The van der Waals surface area contributed by atoms with Crippen molar-refractivity contribution < 1.29 is 0 Å². The number of hydrogen-bond donors (Lipinski definition) is 1. The zero-order chi connectivity index (χ0) is 21.3. The van der Waals surface area contributed by atoms with E-state index >= 15 is 0 Å². The third-order valence-electron chi connectivity index (χ3n) is 5.99. The van der Waals surface area contributed by atoms with Crippen molar-refractivity contribution in [3.05, 3.63) is 127 Å². The van der Waals surface area contributed by atoms with Crippen LogP contribution in [0.2, 0.25) is 0 Å². The Morgan fingerprint density at radius 1 is 0.406 bits per heavy atom. The van der Waals surface area contributed by atoms with Crippen LogP contribution in [0.15, 0.2) is 127 Å². The minimum absolute atomic E-state index is 1.07. The van der Waals surface area contributed by atoms with Crippen LogP contribution in [0.25, 0.3) is 38.6 Å². The molecule has 1 aromatic heterocycles. The van der Waals surface area contributed by atoms with E-state index in [1.807, 2.05) is 6.07 Å². The Kier molecular flexibility index (Phi) is 4.47. The molecule has 0 aliphatic rings.